The molecule has 0 saturated heterocycles. The molecule has 1 N–H and O–H groups in total. The number of nitrogens with one attached hydrogen (secondary N) is 1. The molecule has 1 amide bonds. The van der Waals surface area contributed by atoms with Crippen molar-refractivity contribution < 1.29 is 9.59 Å². The number of allylic oxidation sites excluding steroid dienone is 2. The predicted molar refractivity (Wildman–Crippen MR) is 66.1 cm³/mol. The molecule has 0 rings (SSSR count). The van der Waals surface area contributed by atoms with Crippen LogP contribution in [0.25, 0.3) is 0 Å². The van der Waals surface area contributed by atoms with Crippen LogP contribution in [0, 0.1) is 5.41 Å². The highest BCUT2D eigenvalue weighted by Gasteiger charge is 2.12. The van der Waals surface area contributed by atoms with E-state index >= 15 is 0 Å². The second-order valence-corrected chi connectivity index (χ2v) is 5.53. The normalized spacial score (nSPS) is 10.8. The molecule has 0 aromatic rings. The third-order valence-electron chi connectivity index (χ3n) is 1.86. The summed E-state index contributed by atoms with van der Waals surface area (Å²) < 4.78 is 0. The summed E-state index contributed by atoms with van der Waals surface area (Å²) in [4.78, 5) is 22.7. The maximum atomic E-state index is 11.4. The maximum absolute atomic E-state index is 11.4. The first-order valence-corrected chi connectivity index (χ1v) is 5.65. The third-order valence-corrected chi connectivity index (χ3v) is 1.86. The van der Waals surface area contributed by atoms with Crippen LogP contribution in [-0.4, -0.2) is 18.2 Å². The van der Waals surface area contributed by atoms with Crippen molar-refractivity contribution in [3.63, 3.8) is 0 Å². The third kappa shape index (κ3) is 9.44. The van der Waals surface area contributed by atoms with Gasteiger partial charge < -0.3 is 5.32 Å². The highest BCUT2D eigenvalue weighted by atomic mass is 16.2. The lowest BCUT2D eigenvalue weighted by Gasteiger charge is -2.18. The van der Waals surface area contributed by atoms with Gasteiger partial charge >= 0.3 is 0 Å². The van der Waals surface area contributed by atoms with Gasteiger partial charge in [-0.15, -0.1) is 0 Å². The Balaban J connectivity index is 3.83. The molecule has 0 bridgehead atoms. The van der Waals surface area contributed by atoms with Gasteiger partial charge in [-0.3, -0.25) is 9.59 Å². The van der Waals surface area contributed by atoms with E-state index in [0.29, 0.717) is 13.0 Å². The van der Waals surface area contributed by atoms with Crippen molar-refractivity contribution in [2.75, 3.05) is 6.54 Å². The summed E-state index contributed by atoms with van der Waals surface area (Å²) in [6.07, 6.45) is 2.15. The number of hydrogen-bond donors (Lipinski definition) is 1. The monoisotopic (exact) mass is 225 g/mol. The van der Waals surface area contributed by atoms with Crippen LogP contribution in [0.3, 0.4) is 0 Å². The number of rotatable bonds is 5. The standard InChI is InChI=1S/C13H23NO2/c1-10(2)8-11(15)6-7-12(16)14-9-13(3,4)5/h8H,6-7,9H2,1-5H3,(H,14,16). The Kier molecular flexibility index (Phi) is 6.01. The molecule has 0 radical (unpaired) electrons. The van der Waals surface area contributed by atoms with Gasteiger partial charge in [0.2, 0.25) is 5.91 Å². The molecule has 0 aliphatic heterocycles. The molecular formula is C13H23NO2. The quantitative estimate of drug-likeness (QED) is 0.731. The minimum atomic E-state index is -0.0505. The Labute approximate surface area is 98.3 Å². The highest BCUT2D eigenvalue weighted by Crippen LogP contribution is 2.10. The van der Waals surface area contributed by atoms with E-state index in [1.807, 2.05) is 13.8 Å². The van der Waals surface area contributed by atoms with Gasteiger partial charge in [0.25, 0.3) is 0 Å². The van der Waals surface area contributed by atoms with Gasteiger partial charge in [0.1, 0.15) is 0 Å². The molecule has 0 unspecified atom stereocenters. The first-order chi connectivity index (χ1) is 7.20. The SMILES string of the molecule is CC(C)=CC(=O)CCC(=O)NCC(C)(C)C. The molecule has 0 aromatic carbocycles. The number of ketones is 1. The summed E-state index contributed by atoms with van der Waals surface area (Å²) in [5.41, 5.74) is 1.06. The van der Waals surface area contributed by atoms with Crippen LogP contribution in [0.4, 0.5) is 0 Å². The zero-order valence-corrected chi connectivity index (χ0v) is 11.0. The molecule has 0 aromatic heterocycles. The van der Waals surface area contributed by atoms with Crippen LogP contribution >= 0.6 is 0 Å². The van der Waals surface area contributed by atoms with Crippen molar-refractivity contribution in [3.8, 4) is 0 Å². The fourth-order valence-corrected chi connectivity index (χ4v) is 1.08. The van der Waals surface area contributed by atoms with Crippen LogP contribution in [0.15, 0.2) is 11.6 Å². The van der Waals surface area contributed by atoms with Crippen molar-refractivity contribution in [3.05, 3.63) is 11.6 Å². The summed E-state index contributed by atoms with van der Waals surface area (Å²) in [5, 5.41) is 2.82. The summed E-state index contributed by atoms with van der Waals surface area (Å²) in [6, 6.07) is 0. The molecule has 0 heterocycles. The van der Waals surface area contributed by atoms with Crippen molar-refractivity contribution in [2.24, 2.45) is 5.41 Å². The molecule has 0 fully saturated rings. The summed E-state index contributed by atoms with van der Waals surface area (Å²) in [6.45, 7) is 10.6. The van der Waals surface area contributed by atoms with Crippen LogP contribution in [0.1, 0.15) is 47.5 Å². The lowest BCUT2D eigenvalue weighted by Crippen LogP contribution is -2.32. The Morgan fingerprint density at radius 3 is 2.12 bits per heavy atom. The molecule has 92 valence electrons. The van der Waals surface area contributed by atoms with Gasteiger partial charge in [-0.1, -0.05) is 26.3 Å². The van der Waals surface area contributed by atoms with E-state index in [1.165, 1.54) is 0 Å². The van der Waals surface area contributed by atoms with Crippen molar-refractivity contribution in [1.82, 2.24) is 5.32 Å². The van der Waals surface area contributed by atoms with Gasteiger partial charge in [0, 0.05) is 19.4 Å². The molecular weight excluding hydrogens is 202 g/mol. The molecule has 3 heteroatoms. The van der Waals surface area contributed by atoms with E-state index in [2.05, 4.69) is 26.1 Å². The van der Waals surface area contributed by atoms with Crippen molar-refractivity contribution in [1.29, 1.82) is 0 Å². The molecule has 0 spiro atoms. The van der Waals surface area contributed by atoms with E-state index in [-0.39, 0.29) is 23.5 Å². The molecule has 0 atom stereocenters. The van der Waals surface area contributed by atoms with Gasteiger partial charge in [-0.05, 0) is 25.3 Å². The van der Waals surface area contributed by atoms with Gasteiger partial charge in [-0.2, -0.15) is 0 Å². The molecule has 16 heavy (non-hydrogen) atoms. The zero-order valence-electron chi connectivity index (χ0n) is 11.0. The average molecular weight is 225 g/mol. The van der Waals surface area contributed by atoms with E-state index in [1.54, 1.807) is 6.08 Å². The first kappa shape index (κ1) is 14.9. The Hall–Kier alpha value is -1.12. The second-order valence-electron chi connectivity index (χ2n) is 5.53. The van der Waals surface area contributed by atoms with Crippen molar-refractivity contribution in [2.45, 2.75) is 47.5 Å². The number of amides is 1. The van der Waals surface area contributed by atoms with E-state index in [0.717, 1.165) is 5.57 Å². The van der Waals surface area contributed by atoms with Crippen LogP contribution in [0.5, 0.6) is 0 Å². The van der Waals surface area contributed by atoms with Crippen LogP contribution < -0.4 is 5.32 Å². The number of hydrogen-bond acceptors (Lipinski definition) is 2. The lowest BCUT2D eigenvalue weighted by molar-refractivity contribution is -0.124. The highest BCUT2D eigenvalue weighted by molar-refractivity contribution is 5.92. The van der Waals surface area contributed by atoms with E-state index in [4.69, 9.17) is 0 Å². The first-order valence-electron chi connectivity index (χ1n) is 5.65. The molecule has 3 nitrogen and oxygen atoms in total. The van der Waals surface area contributed by atoms with E-state index in [9.17, 15) is 9.59 Å². The Morgan fingerprint density at radius 1 is 1.12 bits per heavy atom. The van der Waals surface area contributed by atoms with Gasteiger partial charge in [0.15, 0.2) is 5.78 Å². The minimum absolute atomic E-state index is 0.0194. The summed E-state index contributed by atoms with van der Waals surface area (Å²) >= 11 is 0. The second kappa shape index (κ2) is 6.46. The smallest absolute Gasteiger partial charge is 0.220 e. The molecule has 0 saturated carbocycles. The number of carbonyl (C=O) groups excluding carboxylic acids is 2. The van der Waals surface area contributed by atoms with Gasteiger partial charge in [-0.25, -0.2) is 0 Å². The minimum Gasteiger partial charge on any atom is -0.356 e. The number of carbonyl (C=O) groups is 2. The van der Waals surface area contributed by atoms with E-state index < -0.39 is 0 Å². The maximum Gasteiger partial charge on any atom is 0.220 e. The fraction of sp³-hybridized carbons (Fsp3) is 0.692. The average Bonchev–Trinajstić information content (AvgIpc) is 2.09. The van der Waals surface area contributed by atoms with Crippen LogP contribution in [-0.2, 0) is 9.59 Å². The fourth-order valence-electron chi connectivity index (χ4n) is 1.08. The van der Waals surface area contributed by atoms with Crippen molar-refractivity contribution >= 4 is 11.7 Å². The summed E-state index contributed by atoms with van der Waals surface area (Å²) in [5.74, 6) is -0.0312. The predicted octanol–water partition coefficient (Wildman–Crippen LogP) is 2.46. The Morgan fingerprint density at radius 2 is 1.69 bits per heavy atom. The van der Waals surface area contributed by atoms with Crippen LogP contribution in [0.2, 0.25) is 0 Å². The molecule has 0 aliphatic carbocycles. The Bertz CT molecular complexity index is 281. The summed E-state index contributed by atoms with van der Waals surface area (Å²) in [7, 11) is 0. The van der Waals surface area contributed by atoms with Gasteiger partial charge in [0.05, 0.1) is 0 Å². The topological polar surface area (TPSA) is 46.2 Å². The zero-order chi connectivity index (χ0) is 12.8. The molecule has 0 aliphatic rings. The lowest BCUT2D eigenvalue weighted by atomic mass is 9.97. The largest absolute Gasteiger partial charge is 0.356 e.